The van der Waals surface area contributed by atoms with Crippen LogP contribution in [0.1, 0.15) is 5.56 Å². The first-order chi connectivity index (χ1) is 10.0. The summed E-state index contributed by atoms with van der Waals surface area (Å²) in [5.41, 5.74) is 0.305. The van der Waals surface area contributed by atoms with Gasteiger partial charge in [0.25, 0.3) is 0 Å². The van der Waals surface area contributed by atoms with Crippen molar-refractivity contribution >= 4 is 29.2 Å². The molecular weight excluding hydrogens is 296 g/mol. The fourth-order valence-electron chi connectivity index (χ4n) is 1.70. The van der Waals surface area contributed by atoms with E-state index in [1.165, 1.54) is 31.5 Å². The van der Waals surface area contributed by atoms with E-state index in [-0.39, 0.29) is 11.3 Å². The minimum atomic E-state index is -0.660. The highest BCUT2D eigenvalue weighted by Gasteiger charge is 2.15. The summed E-state index contributed by atoms with van der Waals surface area (Å²) in [6.45, 7) is 0. The molecule has 0 aliphatic heterocycles. The number of phenolic OH excluding ortho intramolecular Hbond substituents is 1. The van der Waals surface area contributed by atoms with Gasteiger partial charge in [-0.25, -0.2) is 0 Å². The number of nitrogens with zero attached hydrogens (tertiary/aromatic N) is 2. The van der Waals surface area contributed by atoms with Crippen molar-refractivity contribution in [1.29, 1.82) is 0 Å². The molecule has 6 nitrogen and oxygen atoms in total. The number of ether oxygens (including phenoxy) is 1. The van der Waals surface area contributed by atoms with Gasteiger partial charge in [-0.15, -0.1) is 0 Å². The zero-order chi connectivity index (χ0) is 15.4. The third kappa shape index (κ3) is 3.29. The molecule has 0 aromatic heterocycles. The van der Waals surface area contributed by atoms with Gasteiger partial charge in [0.05, 0.1) is 12.0 Å². The Kier molecular flexibility index (Phi) is 4.39. The molecule has 0 saturated heterocycles. The first kappa shape index (κ1) is 14.8. The first-order valence-corrected chi connectivity index (χ1v) is 6.24. The molecule has 0 spiro atoms. The molecule has 0 saturated carbocycles. The Bertz CT molecular complexity index is 716. The summed E-state index contributed by atoms with van der Waals surface area (Å²) in [5.74, 6) is 0.0628. The lowest BCUT2D eigenvalue weighted by molar-refractivity contribution is -0.385. The van der Waals surface area contributed by atoms with Crippen LogP contribution in [0.2, 0.25) is 5.02 Å². The van der Waals surface area contributed by atoms with Crippen LogP contribution >= 0.6 is 11.6 Å². The van der Waals surface area contributed by atoms with E-state index >= 15 is 0 Å². The fraction of sp³-hybridized carbons (Fsp3) is 0.0714. The van der Waals surface area contributed by atoms with Crippen LogP contribution in [-0.2, 0) is 0 Å². The van der Waals surface area contributed by atoms with Gasteiger partial charge in [-0.3, -0.25) is 15.1 Å². The number of aromatic hydroxyl groups is 1. The average molecular weight is 307 g/mol. The van der Waals surface area contributed by atoms with E-state index in [4.69, 9.17) is 16.3 Å². The molecule has 0 unspecified atom stereocenters. The van der Waals surface area contributed by atoms with Crippen molar-refractivity contribution in [3.8, 4) is 11.5 Å². The van der Waals surface area contributed by atoms with Crippen LogP contribution in [0.25, 0.3) is 0 Å². The monoisotopic (exact) mass is 306 g/mol. The van der Waals surface area contributed by atoms with Crippen LogP contribution < -0.4 is 4.74 Å². The highest BCUT2D eigenvalue weighted by atomic mass is 35.5. The van der Waals surface area contributed by atoms with Crippen molar-refractivity contribution in [3.05, 3.63) is 57.1 Å². The number of rotatable bonds is 4. The smallest absolute Gasteiger partial charge is 0.311 e. The SMILES string of the molecule is COc1ccc(Cl)cc1N=Cc1cccc([N+](=O)[O-])c1O. The van der Waals surface area contributed by atoms with Gasteiger partial charge < -0.3 is 9.84 Å². The molecule has 0 bridgehead atoms. The zero-order valence-corrected chi connectivity index (χ0v) is 11.7. The van der Waals surface area contributed by atoms with Gasteiger partial charge in [0.2, 0.25) is 5.75 Å². The molecule has 0 atom stereocenters. The number of hydrogen-bond donors (Lipinski definition) is 1. The summed E-state index contributed by atoms with van der Waals surface area (Å²) in [6, 6.07) is 9.10. The van der Waals surface area contributed by atoms with Crippen LogP contribution in [0, 0.1) is 10.1 Å². The van der Waals surface area contributed by atoms with Crippen molar-refractivity contribution in [1.82, 2.24) is 0 Å². The van der Waals surface area contributed by atoms with Crippen molar-refractivity contribution in [2.75, 3.05) is 7.11 Å². The molecule has 0 aliphatic rings. The number of halogens is 1. The van der Waals surface area contributed by atoms with Gasteiger partial charge in [0, 0.05) is 22.9 Å². The number of nitro groups is 1. The molecule has 0 fully saturated rings. The number of benzene rings is 2. The van der Waals surface area contributed by atoms with E-state index in [1.807, 2.05) is 0 Å². The minimum absolute atomic E-state index is 0.228. The molecule has 108 valence electrons. The highest BCUT2D eigenvalue weighted by Crippen LogP contribution is 2.32. The normalized spacial score (nSPS) is 10.8. The Morgan fingerprint density at radius 2 is 2.14 bits per heavy atom. The second-order valence-electron chi connectivity index (χ2n) is 4.05. The van der Waals surface area contributed by atoms with E-state index in [0.717, 1.165) is 0 Å². The quantitative estimate of drug-likeness (QED) is 0.530. The maximum atomic E-state index is 10.8. The Morgan fingerprint density at radius 3 is 2.81 bits per heavy atom. The number of aliphatic imine (C=N–C) groups is 1. The summed E-state index contributed by atoms with van der Waals surface area (Å²) in [5, 5.41) is 21.1. The number of phenols is 1. The molecule has 0 radical (unpaired) electrons. The Morgan fingerprint density at radius 1 is 1.38 bits per heavy atom. The van der Waals surface area contributed by atoms with Gasteiger partial charge >= 0.3 is 5.69 Å². The molecule has 0 amide bonds. The molecule has 2 aromatic carbocycles. The number of hydrogen-bond acceptors (Lipinski definition) is 5. The summed E-state index contributed by atoms with van der Waals surface area (Å²) in [4.78, 5) is 14.2. The fourth-order valence-corrected chi connectivity index (χ4v) is 1.87. The lowest BCUT2D eigenvalue weighted by atomic mass is 10.2. The Balaban J connectivity index is 2.40. The molecule has 21 heavy (non-hydrogen) atoms. The van der Waals surface area contributed by atoms with Gasteiger partial charge in [-0.2, -0.15) is 0 Å². The van der Waals surface area contributed by atoms with Crippen LogP contribution in [0.15, 0.2) is 41.4 Å². The maximum absolute atomic E-state index is 10.8. The van der Waals surface area contributed by atoms with Crippen molar-refractivity contribution in [2.24, 2.45) is 4.99 Å². The second kappa shape index (κ2) is 6.23. The molecule has 2 rings (SSSR count). The van der Waals surface area contributed by atoms with Crippen molar-refractivity contribution < 1.29 is 14.8 Å². The number of methoxy groups -OCH3 is 1. The average Bonchev–Trinajstić information content (AvgIpc) is 2.46. The predicted molar refractivity (Wildman–Crippen MR) is 80.0 cm³/mol. The van der Waals surface area contributed by atoms with E-state index < -0.39 is 10.7 Å². The maximum Gasteiger partial charge on any atom is 0.311 e. The largest absolute Gasteiger partial charge is 0.502 e. The molecule has 1 N–H and O–H groups in total. The topological polar surface area (TPSA) is 85.0 Å². The van der Waals surface area contributed by atoms with Crippen LogP contribution in [-0.4, -0.2) is 23.4 Å². The Hall–Kier alpha value is -2.60. The summed E-state index contributed by atoms with van der Waals surface area (Å²) >= 11 is 5.89. The van der Waals surface area contributed by atoms with Gasteiger partial charge in [-0.1, -0.05) is 17.7 Å². The molecular formula is C14H11ClN2O4. The second-order valence-corrected chi connectivity index (χ2v) is 4.48. The summed E-state index contributed by atoms with van der Waals surface area (Å²) in [6.07, 6.45) is 1.32. The first-order valence-electron chi connectivity index (χ1n) is 5.87. The summed E-state index contributed by atoms with van der Waals surface area (Å²) < 4.78 is 5.14. The van der Waals surface area contributed by atoms with Crippen LogP contribution in [0.4, 0.5) is 11.4 Å². The lowest BCUT2D eigenvalue weighted by Gasteiger charge is -2.04. The van der Waals surface area contributed by atoms with E-state index in [1.54, 1.807) is 18.2 Å². The minimum Gasteiger partial charge on any atom is -0.502 e. The molecule has 2 aromatic rings. The Labute approximate surface area is 125 Å². The van der Waals surface area contributed by atoms with Gasteiger partial charge in [0.1, 0.15) is 11.4 Å². The molecule has 7 heteroatoms. The highest BCUT2D eigenvalue weighted by molar-refractivity contribution is 6.30. The third-order valence-corrected chi connectivity index (χ3v) is 2.96. The number of nitro benzene ring substituents is 1. The van der Waals surface area contributed by atoms with Crippen LogP contribution in [0.5, 0.6) is 11.5 Å². The standard InChI is InChI=1S/C14H11ClN2O4/c1-21-13-6-5-10(15)7-11(13)16-8-9-3-2-4-12(14(9)18)17(19)20/h2-8,18H,1H3. The van der Waals surface area contributed by atoms with Gasteiger partial charge in [0.15, 0.2) is 0 Å². The van der Waals surface area contributed by atoms with E-state index in [2.05, 4.69) is 4.99 Å². The van der Waals surface area contributed by atoms with Crippen LogP contribution in [0.3, 0.4) is 0 Å². The summed E-state index contributed by atoms with van der Waals surface area (Å²) in [7, 11) is 1.49. The molecule has 0 aliphatic carbocycles. The lowest BCUT2D eigenvalue weighted by Crippen LogP contribution is -1.91. The third-order valence-electron chi connectivity index (χ3n) is 2.73. The van der Waals surface area contributed by atoms with Gasteiger partial charge in [-0.05, 0) is 24.3 Å². The van der Waals surface area contributed by atoms with Crippen molar-refractivity contribution in [2.45, 2.75) is 0 Å². The van der Waals surface area contributed by atoms with Crippen molar-refractivity contribution in [3.63, 3.8) is 0 Å². The van der Waals surface area contributed by atoms with E-state index in [9.17, 15) is 15.2 Å². The zero-order valence-electron chi connectivity index (χ0n) is 11.0. The number of para-hydroxylation sites is 1. The van der Waals surface area contributed by atoms with E-state index in [0.29, 0.717) is 16.5 Å². The molecule has 0 heterocycles. The predicted octanol–water partition coefficient (Wildman–Crippen LogP) is 3.71.